The third kappa shape index (κ3) is 2.60. The number of ether oxygens (including phenoxy) is 2. The summed E-state index contributed by atoms with van der Waals surface area (Å²) in [5.41, 5.74) is 0.841. The fourth-order valence-corrected chi connectivity index (χ4v) is 5.32. The highest BCUT2D eigenvalue weighted by Gasteiger charge is 2.60. The van der Waals surface area contributed by atoms with Gasteiger partial charge in [0.05, 0.1) is 29.0 Å². The summed E-state index contributed by atoms with van der Waals surface area (Å²) in [4.78, 5) is 0. The SMILES string of the molecule is CC(C)(O)C1=CC[C@@]2(C)C[C@@H]3O[C@]3(C)CC[C@@H]3O[C@]3(C)CC[C@H]12. The van der Waals surface area contributed by atoms with E-state index in [-0.39, 0.29) is 16.6 Å². The van der Waals surface area contributed by atoms with Gasteiger partial charge in [0.2, 0.25) is 0 Å². The lowest BCUT2D eigenvalue weighted by Gasteiger charge is -2.37. The third-order valence-electron chi connectivity index (χ3n) is 7.27. The van der Waals surface area contributed by atoms with Gasteiger partial charge in [0.1, 0.15) is 0 Å². The summed E-state index contributed by atoms with van der Waals surface area (Å²) in [5.74, 6) is 0.440. The normalized spacial score (nSPS) is 52.6. The average Bonchev–Trinajstić information content (AvgIpc) is 3.21. The first-order valence-electron chi connectivity index (χ1n) is 9.34. The van der Waals surface area contributed by atoms with Crippen LogP contribution >= 0.6 is 0 Å². The Morgan fingerprint density at radius 1 is 1.04 bits per heavy atom. The van der Waals surface area contributed by atoms with Gasteiger partial charge in [0, 0.05) is 0 Å². The van der Waals surface area contributed by atoms with Crippen LogP contribution in [-0.2, 0) is 9.47 Å². The Kier molecular flexibility index (Phi) is 3.23. The molecule has 0 unspecified atom stereocenters. The van der Waals surface area contributed by atoms with E-state index < -0.39 is 5.60 Å². The Bertz CT molecular complexity index is 548. The quantitative estimate of drug-likeness (QED) is 0.587. The first-order chi connectivity index (χ1) is 10.6. The summed E-state index contributed by atoms with van der Waals surface area (Å²) in [6, 6.07) is 0. The molecular formula is C20H32O3. The van der Waals surface area contributed by atoms with Gasteiger partial charge in [-0.15, -0.1) is 0 Å². The van der Waals surface area contributed by atoms with Crippen molar-refractivity contribution in [2.75, 3.05) is 0 Å². The predicted molar refractivity (Wildman–Crippen MR) is 90.2 cm³/mol. The van der Waals surface area contributed by atoms with Crippen molar-refractivity contribution in [1.82, 2.24) is 0 Å². The number of epoxide rings is 2. The van der Waals surface area contributed by atoms with Crippen molar-refractivity contribution in [2.45, 2.75) is 102 Å². The Balaban J connectivity index is 1.62. The van der Waals surface area contributed by atoms with Crippen molar-refractivity contribution in [3.8, 4) is 0 Å². The van der Waals surface area contributed by atoms with Crippen LogP contribution in [-0.4, -0.2) is 34.1 Å². The highest BCUT2D eigenvalue weighted by atomic mass is 16.6. The molecule has 4 aliphatic rings. The summed E-state index contributed by atoms with van der Waals surface area (Å²) in [5, 5.41) is 10.7. The molecule has 0 spiro atoms. The van der Waals surface area contributed by atoms with Crippen molar-refractivity contribution < 1.29 is 14.6 Å². The van der Waals surface area contributed by atoms with Gasteiger partial charge in [0.25, 0.3) is 0 Å². The fraction of sp³-hybridized carbons (Fsp3) is 0.900. The maximum Gasteiger partial charge on any atom is 0.0921 e. The van der Waals surface area contributed by atoms with Crippen molar-refractivity contribution >= 4 is 0 Å². The highest BCUT2D eigenvalue weighted by Crippen LogP contribution is 2.59. The molecule has 3 fully saturated rings. The van der Waals surface area contributed by atoms with E-state index in [1.165, 1.54) is 5.57 Å². The van der Waals surface area contributed by atoms with Crippen LogP contribution in [0.1, 0.15) is 73.1 Å². The van der Waals surface area contributed by atoms with E-state index in [2.05, 4.69) is 26.8 Å². The molecule has 0 amide bonds. The van der Waals surface area contributed by atoms with Crippen LogP contribution in [0.15, 0.2) is 11.6 Å². The van der Waals surface area contributed by atoms with Crippen LogP contribution in [0.25, 0.3) is 0 Å². The topological polar surface area (TPSA) is 45.3 Å². The highest BCUT2D eigenvalue weighted by molar-refractivity contribution is 5.28. The second-order valence-corrected chi connectivity index (χ2v) is 9.75. The van der Waals surface area contributed by atoms with Gasteiger partial charge < -0.3 is 14.6 Å². The van der Waals surface area contributed by atoms with Crippen LogP contribution in [0.5, 0.6) is 0 Å². The van der Waals surface area contributed by atoms with Crippen LogP contribution in [0, 0.1) is 11.3 Å². The average molecular weight is 320 g/mol. The molecule has 2 aliphatic heterocycles. The zero-order valence-corrected chi connectivity index (χ0v) is 15.3. The summed E-state index contributed by atoms with van der Waals surface area (Å²) < 4.78 is 12.2. The molecule has 1 N–H and O–H groups in total. The Morgan fingerprint density at radius 2 is 1.65 bits per heavy atom. The number of rotatable bonds is 1. The van der Waals surface area contributed by atoms with Crippen LogP contribution in [0.4, 0.5) is 0 Å². The Morgan fingerprint density at radius 3 is 2.35 bits per heavy atom. The number of hydrogen-bond acceptors (Lipinski definition) is 3. The van der Waals surface area contributed by atoms with E-state index in [1.807, 2.05) is 13.8 Å². The molecule has 6 atom stereocenters. The molecule has 3 nitrogen and oxygen atoms in total. The van der Waals surface area contributed by atoms with Gasteiger partial charge in [-0.25, -0.2) is 0 Å². The maximum absolute atomic E-state index is 10.7. The van der Waals surface area contributed by atoms with Gasteiger partial charge in [0.15, 0.2) is 0 Å². The Labute approximate surface area is 140 Å². The number of aliphatic hydroxyl groups is 1. The summed E-state index contributed by atoms with van der Waals surface area (Å²) >= 11 is 0. The van der Waals surface area contributed by atoms with Crippen LogP contribution in [0.3, 0.4) is 0 Å². The monoisotopic (exact) mass is 320 g/mol. The zero-order valence-electron chi connectivity index (χ0n) is 15.3. The molecule has 0 aromatic heterocycles. The van der Waals surface area contributed by atoms with Crippen molar-refractivity contribution in [2.24, 2.45) is 11.3 Å². The van der Waals surface area contributed by atoms with E-state index >= 15 is 0 Å². The molecule has 130 valence electrons. The molecule has 4 rings (SSSR count). The van der Waals surface area contributed by atoms with Crippen LogP contribution < -0.4 is 0 Å². The minimum Gasteiger partial charge on any atom is -0.386 e. The molecule has 23 heavy (non-hydrogen) atoms. The van der Waals surface area contributed by atoms with Crippen molar-refractivity contribution in [3.63, 3.8) is 0 Å². The lowest BCUT2D eigenvalue weighted by Crippen LogP contribution is -2.34. The standard InChI is InChI=1S/C20H32O3/c1-17(2,21)13-6-9-18(3)12-16-20(5,23-16)11-8-15-19(4,22-15)10-7-14(13)18/h6,14-16,21H,7-12H2,1-5H3/t14-,15+,16+,18+,19-,20-/m1/s1. The van der Waals surface area contributed by atoms with Gasteiger partial charge in [-0.1, -0.05) is 13.0 Å². The summed E-state index contributed by atoms with van der Waals surface area (Å²) in [6.45, 7) is 10.8. The summed E-state index contributed by atoms with van der Waals surface area (Å²) in [7, 11) is 0. The minimum absolute atomic E-state index is 0.0549. The van der Waals surface area contributed by atoms with Crippen molar-refractivity contribution in [3.05, 3.63) is 11.6 Å². The molecule has 1 saturated carbocycles. The van der Waals surface area contributed by atoms with Gasteiger partial charge in [-0.05, 0) is 83.1 Å². The van der Waals surface area contributed by atoms with Crippen molar-refractivity contribution in [1.29, 1.82) is 0 Å². The van der Waals surface area contributed by atoms with E-state index in [9.17, 15) is 5.11 Å². The van der Waals surface area contributed by atoms with Crippen LogP contribution in [0.2, 0.25) is 0 Å². The smallest absolute Gasteiger partial charge is 0.0921 e. The summed E-state index contributed by atoms with van der Waals surface area (Å²) in [6.07, 6.45) is 9.74. The van der Waals surface area contributed by atoms with E-state index in [0.717, 1.165) is 38.5 Å². The van der Waals surface area contributed by atoms with E-state index in [4.69, 9.17) is 9.47 Å². The number of allylic oxidation sites excluding steroid dienone is 1. The lowest BCUT2D eigenvalue weighted by molar-refractivity contribution is 0.0838. The maximum atomic E-state index is 10.7. The molecule has 0 bridgehead atoms. The molecule has 0 radical (unpaired) electrons. The second-order valence-electron chi connectivity index (χ2n) is 9.75. The fourth-order valence-electron chi connectivity index (χ4n) is 5.32. The largest absolute Gasteiger partial charge is 0.386 e. The van der Waals surface area contributed by atoms with Gasteiger partial charge in [-0.2, -0.15) is 0 Å². The van der Waals surface area contributed by atoms with E-state index in [0.29, 0.717) is 18.1 Å². The first-order valence-corrected chi connectivity index (χ1v) is 9.34. The van der Waals surface area contributed by atoms with Gasteiger partial charge in [-0.3, -0.25) is 0 Å². The zero-order chi connectivity index (χ0) is 16.7. The number of fused-ring (bicyclic) bond motifs is 3. The number of hydrogen-bond donors (Lipinski definition) is 1. The molecule has 2 heterocycles. The third-order valence-corrected chi connectivity index (χ3v) is 7.27. The molecule has 0 aromatic rings. The molecule has 3 heteroatoms. The second kappa shape index (κ2) is 4.62. The minimum atomic E-state index is -0.721. The molecule has 2 aliphatic carbocycles. The molecule has 0 aromatic carbocycles. The Hall–Kier alpha value is -0.380. The van der Waals surface area contributed by atoms with Gasteiger partial charge >= 0.3 is 0 Å². The first kappa shape index (κ1) is 16.1. The molecular weight excluding hydrogens is 288 g/mol. The lowest BCUT2D eigenvalue weighted by atomic mass is 9.68. The molecule has 2 saturated heterocycles. The predicted octanol–water partition coefficient (Wildman–Crippen LogP) is 3.99. The van der Waals surface area contributed by atoms with E-state index in [1.54, 1.807) is 0 Å².